The Morgan fingerprint density at radius 1 is 1.03 bits per heavy atom. The fourth-order valence-electron chi connectivity index (χ4n) is 4.39. The molecule has 0 aliphatic carbocycles. The zero-order valence-electron chi connectivity index (χ0n) is 17.7. The number of amides is 2. The number of nitrogens with zero attached hydrogens (tertiary/aromatic N) is 2. The van der Waals surface area contributed by atoms with Crippen LogP contribution in [-0.2, 0) is 16.0 Å². The maximum Gasteiger partial charge on any atom is 0.226 e. The quantitative estimate of drug-likeness (QED) is 0.459. The number of carbonyl (C=O) groups excluding carboxylic acids is 2. The minimum absolute atomic E-state index is 0.00724. The first-order valence-electron chi connectivity index (χ1n) is 10.7. The van der Waals surface area contributed by atoms with Crippen LogP contribution in [0.5, 0.6) is 0 Å². The van der Waals surface area contributed by atoms with Gasteiger partial charge in [-0.2, -0.15) is 0 Å². The van der Waals surface area contributed by atoms with Crippen LogP contribution >= 0.6 is 11.3 Å². The van der Waals surface area contributed by atoms with Crippen molar-refractivity contribution in [1.29, 1.82) is 0 Å². The number of thiazole rings is 1. The van der Waals surface area contributed by atoms with Gasteiger partial charge in [0.2, 0.25) is 11.8 Å². The minimum atomic E-state index is -0.257. The lowest BCUT2D eigenvalue weighted by Gasteiger charge is -2.36. The van der Waals surface area contributed by atoms with Crippen molar-refractivity contribution in [2.45, 2.75) is 25.8 Å². The topological polar surface area (TPSA) is 62.3 Å². The first-order valence-corrected chi connectivity index (χ1v) is 11.5. The SMILES string of the molecule is CC(=O)N1CCc2ccccc2C1CC(=O)Nc1ccccc1-c1nc2ccccc2s1. The lowest BCUT2D eigenvalue weighted by atomic mass is 9.90. The van der Waals surface area contributed by atoms with Crippen molar-refractivity contribution in [2.24, 2.45) is 0 Å². The molecule has 32 heavy (non-hydrogen) atoms. The molecular formula is C26H23N3O2S. The second-order valence-electron chi connectivity index (χ2n) is 7.96. The number of hydrogen-bond acceptors (Lipinski definition) is 4. The molecule has 4 aromatic rings. The number of aromatic nitrogens is 1. The summed E-state index contributed by atoms with van der Waals surface area (Å²) in [7, 11) is 0. The van der Waals surface area contributed by atoms with Crippen molar-refractivity contribution >= 4 is 39.1 Å². The van der Waals surface area contributed by atoms with Gasteiger partial charge in [-0.15, -0.1) is 11.3 Å². The molecule has 1 unspecified atom stereocenters. The Hall–Kier alpha value is -3.51. The molecule has 1 aliphatic heterocycles. The van der Waals surface area contributed by atoms with E-state index < -0.39 is 0 Å². The largest absolute Gasteiger partial charge is 0.335 e. The van der Waals surface area contributed by atoms with Crippen LogP contribution in [0, 0.1) is 0 Å². The van der Waals surface area contributed by atoms with E-state index >= 15 is 0 Å². The molecule has 6 heteroatoms. The molecule has 3 aromatic carbocycles. The second-order valence-corrected chi connectivity index (χ2v) is 8.99. The summed E-state index contributed by atoms with van der Waals surface area (Å²) in [4.78, 5) is 32.0. The Labute approximate surface area is 190 Å². The van der Waals surface area contributed by atoms with E-state index in [-0.39, 0.29) is 24.3 Å². The number of anilines is 1. The van der Waals surface area contributed by atoms with Gasteiger partial charge in [-0.3, -0.25) is 9.59 Å². The van der Waals surface area contributed by atoms with Gasteiger partial charge in [-0.25, -0.2) is 4.98 Å². The monoisotopic (exact) mass is 441 g/mol. The first kappa shape index (κ1) is 20.4. The summed E-state index contributed by atoms with van der Waals surface area (Å²) in [5.74, 6) is -0.126. The van der Waals surface area contributed by atoms with Crippen molar-refractivity contribution < 1.29 is 9.59 Å². The minimum Gasteiger partial charge on any atom is -0.335 e. The van der Waals surface area contributed by atoms with Crippen LogP contribution < -0.4 is 5.32 Å². The van der Waals surface area contributed by atoms with Gasteiger partial charge in [0.1, 0.15) is 5.01 Å². The Kier molecular flexibility index (Phi) is 5.45. The van der Waals surface area contributed by atoms with E-state index in [0.29, 0.717) is 6.54 Å². The summed E-state index contributed by atoms with van der Waals surface area (Å²) in [6.45, 7) is 2.20. The van der Waals surface area contributed by atoms with Gasteiger partial charge in [0.15, 0.2) is 0 Å². The van der Waals surface area contributed by atoms with E-state index in [1.54, 1.807) is 23.2 Å². The van der Waals surface area contributed by atoms with Crippen LogP contribution in [0.2, 0.25) is 0 Å². The van der Waals surface area contributed by atoms with E-state index in [1.165, 1.54) is 5.56 Å². The van der Waals surface area contributed by atoms with Crippen LogP contribution in [0.15, 0.2) is 72.8 Å². The van der Waals surface area contributed by atoms with Crippen molar-refractivity contribution in [1.82, 2.24) is 9.88 Å². The Morgan fingerprint density at radius 3 is 2.62 bits per heavy atom. The van der Waals surface area contributed by atoms with Gasteiger partial charge in [-0.1, -0.05) is 48.5 Å². The molecule has 0 spiro atoms. The van der Waals surface area contributed by atoms with Crippen LogP contribution in [-0.4, -0.2) is 28.2 Å². The molecule has 160 valence electrons. The molecule has 0 saturated carbocycles. The van der Waals surface area contributed by atoms with E-state index in [1.807, 2.05) is 60.7 Å². The molecule has 1 aliphatic rings. The van der Waals surface area contributed by atoms with Gasteiger partial charge < -0.3 is 10.2 Å². The Bertz CT molecular complexity index is 1280. The average Bonchev–Trinajstić information content (AvgIpc) is 3.23. The van der Waals surface area contributed by atoms with Crippen molar-refractivity contribution in [3.63, 3.8) is 0 Å². The summed E-state index contributed by atoms with van der Waals surface area (Å²) < 4.78 is 1.11. The lowest BCUT2D eigenvalue weighted by molar-refractivity contribution is -0.132. The van der Waals surface area contributed by atoms with E-state index in [9.17, 15) is 9.59 Å². The number of benzene rings is 3. The van der Waals surface area contributed by atoms with E-state index in [2.05, 4.69) is 17.4 Å². The Morgan fingerprint density at radius 2 is 1.78 bits per heavy atom. The van der Waals surface area contributed by atoms with Crippen molar-refractivity contribution in [3.05, 3.63) is 83.9 Å². The summed E-state index contributed by atoms with van der Waals surface area (Å²) in [5.41, 5.74) is 4.84. The molecule has 5 rings (SSSR count). The van der Waals surface area contributed by atoms with E-state index in [0.717, 1.165) is 38.5 Å². The normalized spacial score (nSPS) is 15.4. The lowest BCUT2D eigenvalue weighted by Crippen LogP contribution is -2.40. The van der Waals surface area contributed by atoms with Gasteiger partial charge in [0.05, 0.1) is 28.4 Å². The molecule has 2 heterocycles. The third kappa shape index (κ3) is 3.89. The molecule has 0 radical (unpaired) electrons. The summed E-state index contributed by atoms with van der Waals surface area (Å²) >= 11 is 1.61. The summed E-state index contributed by atoms with van der Waals surface area (Å²) in [6, 6.07) is 23.6. The smallest absolute Gasteiger partial charge is 0.226 e. The molecule has 0 fully saturated rings. The molecule has 1 N–H and O–H groups in total. The van der Waals surface area contributed by atoms with Crippen LogP contribution in [0.3, 0.4) is 0 Å². The summed E-state index contributed by atoms with van der Waals surface area (Å²) in [6.07, 6.45) is 1.03. The van der Waals surface area contributed by atoms with Gasteiger partial charge in [0.25, 0.3) is 0 Å². The highest BCUT2D eigenvalue weighted by Crippen LogP contribution is 2.36. The molecule has 2 amide bonds. The third-order valence-corrected chi connectivity index (χ3v) is 6.99. The van der Waals surface area contributed by atoms with E-state index in [4.69, 9.17) is 4.98 Å². The van der Waals surface area contributed by atoms with Gasteiger partial charge >= 0.3 is 0 Å². The molecule has 1 aromatic heterocycles. The zero-order chi connectivity index (χ0) is 22.1. The van der Waals surface area contributed by atoms with Crippen LogP contribution in [0.25, 0.3) is 20.8 Å². The van der Waals surface area contributed by atoms with Gasteiger partial charge in [0, 0.05) is 19.0 Å². The predicted octanol–water partition coefficient (Wildman–Crippen LogP) is 5.44. The number of fused-ring (bicyclic) bond motifs is 2. The summed E-state index contributed by atoms with van der Waals surface area (Å²) in [5, 5.41) is 3.95. The van der Waals surface area contributed by atoms with Crippen molar-refractivity contribution in [2.75, 3.05) is 11.9 Å². The van der Waals surface area contributed by atoms with Crippen molar-refractivity contribution in [3.8, 4) is 10.6 Å². The maximum absolute atomic E-state index is 13.1. The highest BCUT2D eigenvalue weighted by Gasteiger charge is 2.30. The number of nitrogens with one attached hydrogen (secondary N) is 1. The average molecular weight is 442 g/mol. The number of rotatable bonds is 4. The first-order chi connectivity index (χ1) is 15.6. The third-order valence-electron chi connectivity index (χ3n) is 5.92. The number of hydrogen-bond donors (Lipinski definition) is 1. The Balaban J connectivity index is 1.42. The fraction of sp³-hybridized carbons (Fsp3) is 0.192. The molecule has 1 atom stereocenters. The highest BCUT2D eigenvalue weighted by atomic mass is 32.1. The molecule has 5 nitrogen and oxygen atoms in total. The molecule has 0 bridgehead atoms. The number of carbonyl (C=O) groups is 2. The molecular weight excluding hydrogens is 418 g/mol. The second kappa shape index (κ2) is 8.55. The molecule has 0 saturated heterocycles. The zero-order valence-corrected chi connectivity index (χ0v) is 18.6. The highest BCUT2D eigenvalue weighted by molar-refractivity contribution is 7.21. The fourth-order valence-corrected chi connectivity index (χ4v) is 5.40. The standard InChI is InChI=1S/C26H23N3O2S/c1-17(30)29-15-14-18-8-2-3-9-19(18)23(29)16-25(31)27-21-11-5-4-10-20(21)26-28-22-12-6-7-13-24(22)32-26/h2-13,23H,14-16H2,1H3,(H,27,31). The van der Waals surface area contributed by atoms with Crippen LogP contribution in [0.1, 0.15) is 30.5 Å². The van der Waals surface area contributed by atoms with Crippen LogP contribution in [0.4, 0.5) is 5.69 Å². The van der Waals surface area contributed by atoms with Gasteiger partial charge in [-0.05, 0) is 41.8 Å². The number of para-hydroxylation sites is 2. The predicted molar refractivity (Wildman–Crippen MR) is 129 cm³/mol. The maximum atomic E-state index is 13.1.